The minimum absolute atomic E-state index is 0.160. The van der Waals surface area contributed by atoms with Crippen molar-refractivity contribution in [2.45, 2.75) is 35.9 Å². The number of rotatable bonds is 2. The maximum absolute atomic E-state index is 13.0. The topological polar surface area (TPSA) is 0 Å². The van der Waals surface area contributed by atoms with E-state index in [0.29, 0.717) is 0 Å². The third-order valence-corrected chi connectivity index (χ3v) is 13.2. The Hall–Kier alpha value is -0.0731. The van der Waals surface area contributed by atoms with Crippen LogP contribution in [0.3, 0.4) is 0 Å². The lowest BCUT2D eigenvalue weighted by Gasteiger charge is -2.45. The summed E-state index contributed by atoms with van der Waals surface area (Å²) >= 11 is 3.69. The number of halogens is 3. The number of benzene rings is 1. The largest absolute Gasteiger partial charge is 0.416 e. The van der Waals surface area contributed by atoms with Gasteiger partial charge in [0.15, 0.2) is 0 Å². The quantitative estimate of drug-likeness (QED) is 0.644. The Kier molecular flexibility index (Phi) is 4.57. The molecule has 112 valence electrons. The molecule has 1 aliphatic heterocycles. The molecule has 0 unspecified atom stereocenters. The summed E-state index contributed by atoms with van der Waals surface area (Å²) in [6, 6.07) is 5.96. The summed E-state index contributed by atoms with van der Waals surface area (Å²) in [6.45, 7) is 6.75. The van der Waals surface area contributed by atoms with Gasteiger partial charge in [-0.15, -0.1) is 23.5 Å². The van der Waals surface area contributed by atoms with E-state index in [9.17, 15) is 13.2 Å². The molecule has 20 heavy (non-hydrogen) atoms. The number of hydrogen-bond donors (Lipinski definition) is 0. The van der Waals surface area contributed by atoms with Crippen LogP contribution < -0.4 is 0 Å². The third kappa shape index (κ3) is 3.07. The fourth-order valence-corrected chi connectivity index (χ4v) is 10.3. The van der Waals surface area contributed by atoms with Gasteiger partial charge in [-0.25, -0.2) is 0 Å². The van der Waals surface area contributed by atoms with Gasteiger partial charge in [0.25, 0.3) is 0 Å². The number of alkyl halides is 3. The molecule has 0 aliphatic carbocycles. The van der Waals surface area contributed by atoms with E-state index < -0.39 is 19.8 Å². The van der Waals surface area contributed by atoms with Crippen molar-refractivity contribution in [2.24, 2.45) is 0 Å². The van der Waals surface area contributed by atoms with Crippen molar-refractivity contribution in [1.82, 2.24) is 0 Å². The highest BCUT2D eigenvalue weighted by atomic mass is 32.2. The number of hydrogen-bond acceptors (Lipinski definition) is 2. The molecule has 0 N–H and O–H groups in total. The van der Waals surface area contributed by atoms with Crippen molar-refractivity contribution in [1.29, 1.82) is 0 Å². The first kappa shape index (κ1) is 16.3. The zero-order chi connectivity index (χ0) is 15.0. The SMILES string of the molecule is C[Si](C)(C)C1(c2cccc(C(F)(F)F)c2)SCCCS1. The standard InChI is InChI=1S/C14H19F3S2Si/c1-20(2,3)14(18-8-5-9-19-14)12-7-4-6-11(10-12)13(15,16)17/h4,6-7,10H,5,8-9H2,1-3H3. The highest BCUT2D eigenvalue weighted by Crippen LogP contribution is 2.56. The van der Waals surface area contributed by atoms with Gasteiger partial charge in [-0.1, -0.05) is 31.8 Å². The molecule has 1 fully saturated rings. The van der Waals surface area contributed by atoms with Crippen LogP contribution in [-0.4, -0.2) is 19.6 Å². The fraction of sp³-hybridized carbons (Fsp3) is 0.571. The fourth-order valence-electron chi connectivity index (χ4n) is 2.47. The Morgan fingerprint density at radius 3 is 2.20 bits per heavy atom. The molecular formula is C14H19F3S2Si. The van der Waals surface area contributed by atoms with Gasteiger partial charge in [-0.05, 0) is 35.6 Å². The van der Waals surface area contributed by atoms with E-state index in [0.717, 1.165) is 23.5 Å². The number of thioether (sulfide) groups is 2. The van der Waals surface area contributed by atoms with Crippen LogP contribution in [0.1, 0.15) is 17.5 Å². The van der Waals surface area contributed by atoms with Crippen molar-refractivity contribution in [2.75, 3.05) is 11.5 Å². The molecule has 0 aromatic heterocycles. The third-order valence-electron chi connectivity index (χ3n) is 3.46. The maximum atomic E-state index is 13.0. The molecule has 1 saturated heterocycles. The lowest BCUT2D eigenvalue weighted by atomic mass is 10.1. The Morgan fingerprint density at radius 1 is 1.10 bits per heavy atom. The molecule has 0 spiro atoms. The van der Waals surface area contributed by atoms with Crippen molar-refractivity contribution in [3.63, 3.8) is 0 Å². The summed E-state index contributed by atoms with van der Waals surface area (Å²) in [5, 5.41) is 0. The minimum Gasteiger partial charge on any atom is -0.166 e. The second-order valence-corrected chi connectivity index (χ2v) is 14.8. The van der Waals surface area contributed by atoms with E-state index in [-0.39, 0.29) is 3.70 Å². The first-order valence-corrected chi connectivity index (χ1v) is 12.1. The van der Waals surface area contributed by atoms with Gasteiger partial charge in [0.2, 0.25) is 0 Å². The predicted octanol–water partition coefficient (Wildman–Crippen LogP) is 5.61. The molecule has 0 radical (unpaired) electrons. The molecule has 0 nitrogen and oxygen atoms in total. The summed E-state index contributed by atoms with van der Waals surface area (Å²) in [5.74, 6) is 2.07. The molecule has 1 aromatic carbocycles. The summed E-state index contributed by atoms with van der Waals surface area (Å²) in [6.07, 6.45) is -3.12. The molecular weight excluding hydrogens is 317 g/mol. The van der Waals surface area contributed by atoms with Crippen LogP contribution in [0.15, 0.2) is 24.3 Å². The predicted molar refractivity (Wildman–Crippen MR) is 86.0 cm³/mol. The molecule has 1 heterocycles. The first-order valence-electron chi connectivity index (χ1n) is 6.62. The van der Waals surface area contributed by atoms with Gasteiger partial charge in [0.1, 0.15) is 0 Å². The average Bonchev–Trinajstić information content (AvgIpc) is 2.37. The van der Waals surface area contributed by atoms with E-state index in [4.69, 9.17) is 0 Å². The second kappa shape index (κ2) is 5.61. The van der Waals surface area contributed by atoms with E-state index >= 15 is 0 Å². The van der Waals surface area contributed by atoms with Crippen LogP contribution in [0.2, 0.25) is 19.6 Å². The zero-order valence-corrected chi connectivity index (χ0v) is 14.5. The molecule has 1 aromatic rings. The summed E-state index contributed by atoms with van der Waals surface area (Å²) in [4.78, 5) is 0. The molecule has 0 bridgehead atoms. The Bertz CT molecular complexity index is 474. The van der Waals surface area contributed by atoms with E-state index in [1.165, 1.54) is 12.1 Å². The Morgan fingerprint density at radius 2 is 1.70 bits per heavy atom. The molecule has 1 aliphatic rings. The maximum Gasteiger partial charge on any atom is 0.416 e. The van der Waals surface area contributed by atoms with Crippen molar-refractivity contribution in [3.05, 3.63) is 35.4 Å². The van der Waals surface area contributed by atoms with Crippen LogP contribution in [-0.2, 0) is 9.88 Å². The molecule has 0 atom stereocenters. The average molecular weight is 337 g/mol. The summed E-state index contributed by atoms with van der Waals surface area (Å²) < 4.78 is 38.7. The van der Waals surface area contributed by atoms with Crippen molar-refractivity contribution in [3.8, 4) is 0 Å². The van der Waals surface area contributed by atoms with Crippen LogP contribution in [0.4, 0.5) is 13.2 Å². The normalized spacial score (nSPS) is 19.9. The highest BCUT2D eigenvalue weighted by molar-refractivity contribution is 8.20. The van der Waals surface area contributed by atoms with Gasteiger partial charge >= 0.3 is 6.18 Å². The van der Waals surface area contributed by atoms with Gasteiger partial charge < -0.3 is 0 Å². The van der Waals surface area contributed by atoms with E-state index in [1.54, 1.807) is 6.07 Å². The first-order chi connectivity index (χ1) is 9.17. The van der Waals surface area contributed by atoms with E-state index in [1.807, 2.05) is 29.6 Å². The van der Waals surface area contributed by atoms with Crippen molar-refractivity contribution < 1.29 is 13.2 Å². The van der Waals surface area contributed by atoms with Crippen LogP contribution in [0.25, 0.3) is 0 Å². The monoisotopic (exact) mass is 336 g/mol. The smallest absolute Gasteiger partial charge is 0.166 e. The molecule has 0 saturated carbocycles. The lowest BCUT2D eigenvalue weighted by Crippen LogP contribution is -2.46. The Balaban J connectivity index is 2.50. The zero-order valence-electron chi connectivity index (χ0n) is 11.9. The van der Waals surface area contributed by atoms with Gasteiger partial charge in [-0.3, -0.25) is 0 Å². The molecule has 6 heteroatoms. The summed E-state index contributed by atoms with van der Waals surface area (Å²) in [5.41, 5.74) is 0.320. The lowest BCUT2D eigenvalue weighted by molar-refractivity contribution is -0.137. The molecule has 0 amide bonds. The Labute approximate surface area is 127 Å². The molecule has 2 rings (SSSR count). The van der Waals surface area contributed by atoms with Gasteiger partial charge in [-0.2, -0.15) is 13.2 Å². The van der Waals surface area contributed by atoms with Crippen LogP contribution in [0, 0.1) is 0 Å². The van der Waals surface area contributed by atoms with E-state index in [2.05, 4.69) is 19.6 Å². The summed E-state index contributed by atoms with van der Waals surface area (Å²) in [7, 11) is -1.67. The van der Waals surface area contributed by atoms with Gasteiger partial charge in [0.05, 0.1) is 17.3 Å². The second-order valence-electron chi connectivity index (χ2n) is 6.00. The van der Waals surface area contributed by atoms with Crippen LogP contribution in [0.5, 0.6) is 0 Å². The van der Waals surface area contributed by atoms with Crippen molar-refractivity contribution >= 4 is 31.6 Å². The van der Waals surface area contributed by atoms with Crippen LogP contribution >= 0.6 is 23.5 Å². The van der Waals surface area contributed by atoms with Gasteiger partial charge in [0, 0.05) is 0 Å². The highest BCUT2D eigenvalue weighted by Gasteiger charge is 2.47. The minimum atomic E-state index is -4.26.